The van der Waals surface area contributed by atoms with Crippen LogP contribution < -0.4 is 0 Å². The first-order chi connectivity index (χ1) is 22.1. The number of amides is 1. The molecule has 4 aromatic rings. The number of aliphatic carboxylic acids is 1. The topological polar surface area (TPSA) is 104 Å². The van der Waals surface area contributed by atoms with Crippen molar-refractivity contribution in [1.29, 1.82) is 0 Å². The van der Waals surface area contributed by atoms with Gasteiger partial charge in [0.1, 0.15) is 6.10 Å². The quantitative estimate of drug-likeness (QED) is 0.0640. The fourth-order valence-electron chi connectivity index (χ4n) is 5.41. The van der Waals surface area contributed by atoms with E-state index in [0.717, 1.165) is 12.0 Å². The van der Waals surface area contributed by atoms with Gasteiger partial charge in [-0.1, -0.05) is 84.9 Å². The second kappa shape index (κ2) is 15.4. The number of carbonyl (C=O) groups excluding carboxylic acids is 1. The van der Waals surface area contributed by atoms with Crippen LogP contribution in [0, 0.1) is 29.1 Å². The maximum atomic E-state index is 14.6. The molecule has 5 rings (SSSR count). The van der Waals surface area contributed by atoms with Gasteiger partial charge in [-0.05, 0) is 30.5 Å². The summed E-state index contributed by atoms with van der Waals surface area (Å²) in [4.78, 5) is 32.0. The van der Waals surface area contributed by atoms with Crippen LogP contribution in [0.5, 0.6) is 0 Å². The normalized spacial score (nSPS) is 16.3. The van der Waals surface area contributed by atoms with Gasteiger partial charge in [0.05, 0.1) is 23.2 Å². The van der Waals surface area contributed by atoms with Gasteiger partial charge in [-0.15, -0.1) is 5.69 Å². The summed E-state index contributed by atoms with van der Waals surface area (Å²) < 4.78 is 70.8. The monoisotopic (exact) mass is 694 g/mol. The molecule has 248 valence electrons. The summed E-state index contributed by atoms with van der Waals surface area (Å²) in [5.74, 6) is -14.3. The number of aliphatic hydroxyl groups is 1. The van der Waals surface area contributed by atoms with Gasteiger partial charge < -0.3 is 20.3 Å². The molecule has 0 bridgehead atoms. The Balaban J connectivity index is 0.00000500. The van der Waals surface area contributed by atoms with E-state index in [9.17, 15) is 41.8 Å². The third-order valence-electron chi connectivity index (χ3n) is 7.67. The predicted octanol–water partition coefficient (Wildman–Crippen LogP) is 6.60. The summed E-state index contributed by atoms with van der Waals surface area (Å²) in [6.45, 7) is 1.20. The average molecular weight is 695 g/mol. The number of carbonyl (C=O) groups is 2. The van der Waals surface area contributed by atoms with Crippen molar-refractivity contribution in [3.63, 3.8) is 0 Å². The van der Waals surface area contributed by atoms with Gasteiger partial charge in [-0.25, -0.2) is 26.7 Å². The van der Waals surface area contributed by atoms with E-state index in [0.29, 0.717) is 19.5 Å². The molecule has 2 N–H and O–H groups in total. The van der Waals surface area contributed by atoms with E-state index in [-0.39, 0.29) is 39.0 Å². The summed E-state index contributed by atoms with van der Waals surface area (Å²) in [5.41, 5.74) is -0.390. The van der Waals surface area contributed by atoms with Gasteiger partial charge in [0.15, 0.2) is 29.3 Å². The van der Waals surface area contributed by atoms with Crippen LogP contribution in [-0.2, 0) is 32.6 Å². The maximum absolute atomic E-state index is 14.6. The molecule has 47 heavy (non-hydrogen) atoms. The van der Waals surface area contributed by atoms with Crippen LogP contribution in [0.25, 0.3) is 5.32 Å². The molecular weight excluding hydrogens is 668 g/mol. The first-order valence-corrected chi connectivity index (χ1v) is 14.3. The summed E-state index contributed by atoms with van der Waals surface area (Å²) >= 11 is 0. The zero-order valence-electron chi connectivity index (χ0n) is 24.4. The van der Waals surface area contributed by atoms with E-state index in [1.807, 2.05) is 35.2 Å². The summed E-state index contributed by atoms with van der Waals surface area (Å²) in [5, 5.41) is 25.1. The Hall–Kier alpha value is -4.45. The van der Waals surface area contributed by atoms with E-state index in [1.165, 1.54) is 24.3 Å². The van der Waals surface area contributed by atoms with E-state index in [1.54, 1.807) is 30.3 Å². The number of likely N-dealkylation sites (tertiary alicyclic amines) is 1. The van der Waals surface area contributed by atoms with Crippen LogP contribution in [0.4, 0.5) is 27.6 Å². The number of carboxylic acid groups (broad SMARTS) is 1. The molecule has 4 aromatic carbocycles. The molecule has 1 aliphatic rings. The van der Waals surface area contributed by atoms with E-state index in [2.05, 4.69) is 10.3 Å². The van der Waals surface area contributed by atoms with Crippen molar-refractivity contribution in [1.82, 2.24) is 4.90 Å². The first-order valence-electron chi connectivity index (χ1n) is 14.3. The van der Waals surface area contributed by atoms with Gasteiger partial charge in [0.25, 0.3) is 0 Å². The van der Waals surface area contributed by atoms with Crippen molar-refractivity contribution in [2.45, 2.75) is 37.6 Å². The number of aliphatic imine (C=N–C) groups is 1. The van der Waals surface area contributed by atoms with Gasteiger partial charge in [0.2, 0.25) is 5.82 Å². The van der Waals surface area contributed by atoms with E-state index in [4.69, 9.17) is 0 Å². The van der Waals surface area contributed by atoms with Gasteiger partial charge >= 0.3 is 5.97 Å². The van der Waals surface area contributed by atoms with Crippen molar-refractivity contribution >= 4 is 23.3 Å². The number of aliphatic hydroxyl groups excluding tert-OH is 1. The molecule has 1 saturated heterocycles. The summed E-state index contributed by atoms with van der Waals surface area (Å²) in [6, 6.07) is 20.7. The average Bonchev–Trinajstić information content (AvgIpc) is 3.53. The molecule has 0 radical (unpaired) electrons. The van der Waals surface area contributed by atoms with Crippen LogP contribution in [-0.4, -0.2) is 51.3 Å². The van der Waals surface area contributed by atoms with Crippen LogP contribution in [0.15, 0.2) is 89.9 Å². The molecule has 1 fully saturated rings. The molecule has 3 atom stereocenters. The Morgan fingerprint density at radius 1 is 0.830 bits per heavy atom. The third kappa shape index (κ3) is 7.59. The Morgan fingerprint density at radius 2 is 1.38 bits per heavy atom. The minimum absolute atomic E-state index is 0. The molecule has 13 heteroatoms. The second-order valence-electron chi connectivity index (χ2n) is 10.6. The van der Waals surface area contributed by atoms with Crippen molar-refractivity contribution in [2.75, 3.05) is 6.54 Å². The largest absolute Gasteiger partial charge is 0.625 e. The van der Waals surface area contributed by atoms with Gasteiger partial charge in [-0.2, -0.15) is 0 Å². The Bertz CT molecular complexity index is 1750. The van der Waals surface area contributed by atoms with Crippen molar-refractivity contribution in [2.24, 2.45) is 4.99 Å². The van der Waals surface area contributed by atoms with Gasteiger partial charge in [0, 0.05) is 28.6 Å². The zero-order chi connectivity index (χ0) is 33.0. The minimum Gasteiger partial charge on any atom is -0.625 e. The number of carboxylic acids is 1. The molecule has 1 aliphatic heterocycles. The Kier molecular flexibility index (Phi) is 11.6. The van der Waals surface area contributed by atoms with Crippen LogP contribution in [0.2, 0.25) is 0 Å². The molecular formula is C34H27F5N3NiO4-. The summed E-state index contributed by atoms with van der Waals surface area (Å²) in [7, 11) is 0. The standard InChI is InChI=1S/C34H28F5N3O4.Ni/c35-25-24(26(36)28(38)29(39)27(25)37)32(43)31(34(45)46)41-30(20-12-5-2-6-13-20)21-14-7-8-15-22(21)40-33(44)23-16-9-17-42(23)18-19-10-3-1-4-11-19;/h1-8,10-15,23,31-32,43H,9,16-18H2,(H2,40,41,44,45,46);/p-1/t23-,31+,32+;/m0./s1. The fourth-order valence-corrected chi connectivity index (χ4v) is 5.41. The maximum Gasteiger partial charge on any atom is 0.331 e. The zero-order valence-corrected chi connectivity index (χ0v) is 25.4. The van der Waals surface area contributed by atoms with Crippen LogP contribution in [0.1, 0.15) is 41.2 Å². The number of nitrogens with zero attached hydrogens (tertiary/aromatic N) is 3. The van der Waals surface area contributed by atoms with Gasteiger partial charge in [-0.3, -0.25) is 9.89 Å². The number of benzene rings is 4. The van der Waals surface area contributed by atoms with Crippen LogP contribution in [0.3, 0.4) is 0 Å². The summed E-state index contributed by atoms with van der Waals surface area (Å²) in [6.07, 6.45) is -1.46. The predicted molar refractivity (Wildman–Crippen MR) is 159 cm³/mol. The molecule has 0 aromatic heterocycles. The Labute approximate surface area is 276 Å². The molecule has 7 nitrogen and oxygen atoms in total. The number of hydrogen-bond acceptors (Lipinski definition) is 5. The number of rotatable bonds is 10. The smallest absolute Gasteiger partial charge is 0.331 e. The Morgan fingerprint density at radius 3 is 2.00 bits per heavy atom. The number of halogens is 5. The minimum atomic E-state index is -2.79. The van der Waals surface area contributed by atoms with Crippen molar-refractivity contribution in [3.05, 3.63) is 142 Å². The molecule has 0 aliphatic carbocycles. The van der Waals surface area contributed by atoms with Crippen molar-refractivity contribution < 1.29 is 58.2 Å². The van der Waals surface area contributed by atoms with Crippen LogP contribution >= 0.6 is 0 Å². The first kappa shape index (κ1) is 35.4. The molecule has 1 heterocycles. The van der Waals surface area contributed by atoms with E-state index < -0.39 is 64.7 Å². The van der Waals surface area contributed by atoms with E-state index >= 15 is 0 Å². The van der Waals surface area contributed by atoms with Crippen molar-refractivity contribution in [3.8, 4) is 0 Å². The number of hydrogen-bond donors (Lipinski definition) is 2. The third-order valence-corrected chi connectivity index (χ3v) is 7.67. The SMILES string of the molecule is O=C(O)[C@H](N=C(c1ccccc1)c1ccccc1[N-]C(=O)[C@@H]1CCCN1Cc1ccccc1)[C@H](O)c1c(F)c(F)c(F)c(F)c1F.[Ni]. The molecule has 1 amide bonds. The fraction of sp³-hybridized carbons (Fsp3) is 0.206. The molecule has 0 saturated carbocycles. The molecule has 0 spiro atoms. The molecule has 0 unspecified atom stereocenters. The second-order valence-corrected chi connectivity index (χ2v) is 10.6. The number of para-hydroxylation sites is 1.